The molecule has 19 heavy (non-hydrogen) atoms. The molecule has 0 fully saturated rings. The summed E-state index contributed by atoms with van der Waals surface area (Å²) in [5.41, 5.74) is 2.47. The van der Waals surface area contributed by atoms with E-state index in [1.54, 1.807) is 7.11 Å². The highest BCUT2D eigenvalue weighted by Gasteiger charge is 2.22. The Labute approximate surface area is 114 Å². The van der Waals surface area contributed by atoms with Crippen molar-refractivity contribution in [1.29, 1.82) is 0 Å². The molecule has 0 radical (unpaired) electrons. The van der Waals surface area contributed by atoms with Crippen molar-refractivity contribution >= 4 is 11.6 Å². The molecule has 1 aliphatic rings. The van der Waals surface area contributed by atoms with Crippen LogP contribution in [0.3, 0.4) is 0 Å². The first-order chi connectivity index (χ1) is 9.11. The molecule has 0 aromatic heterocycles. The Kier molecular flexibility index (Phi) is 4.30. The van der Waals surface area contributed by atoms with Crippen LogP contribution in [-0.2, 0) is 4.79 Å². The van der Waals surface area contributed by atoms with Crippen LogP contribution >= 0.6 is 0 Å². The Morgan fingerprint density at radius 1 is 1.53 bits per heavy atom. The van der Waals surface area contributed by atoms with Crippen molar-refractivity contribution in [2.75, 3.05) is 25.5 Å². The van der Waals surface area contributed by atoms with Crippen LogP contribution < -0.4 is 15.4 Å². The number of rotatable bonds is 5. The van der Waals surface area contributed by atoms with Gasteiger partial charge in [0.25, 0.3) is 0 Å². The van der Waals surface area contributed by atoms with Crippen LogP contribution in [0.1, 0.15) is 31.7 Å². The number of ether oxygens (including phenoxy) is 1. The molecule has 1 amide bonds. The minimum Gasteiger partial charge on any atom is -0.497 e. The molecule has 0 saturated carbocycles. The third-order valence-electron chi connectivity index (χ3n) is 3.55. The summed E-state index contributed by atoms with van der Waals surface area (Å²) in [6, 6.07) is 6.11. The SMILES string of the molecule is COc1ccc2c(c1)C(CCNC(=O)C(C)C)CN2. The standard InChI is InChI=1S/C15H22N2O2/c1-10(2)15(18)16-7-6-11-9-17-14-5-4-12(19-3)8-13(11)14/h4-5,8,10-11,17H,6-7,9H2,1-3H3,(H,16,18). The summed E-state index contributed by atoms with van der Waals surface area (Å²) >= 11 is 0. The van der Waals surface area contributed by atoms with E-state index in [1.165, 1.54) is 11.3 Å². The van der Waals surface area contributed by atoms with Gasteiger partial charge in [-0.25, -0.2) is 0 Å². The largest absolute Gasteiger partial charge is 0.497 e. The maximum atomic E-state index is 11.5. The Bertz CT molecular complexity index is 457. The average molecular weight is 262 g/mol. The van der Waals surface area contributed by atoms with Gasteiger partial charge in [-0.15, -0.1) is 0 Å². The molecule has 104 valence electrons. The van der Waals surface area contributed by atoms with E-state index >= 15 is 0 Å². The number of carbonyl (C=O) groups is 1. The van der Waals surface area contributed by atoms with Gasteiger partial charge in [-0.3, -0.25) is 4.79 Å². The number of methoxy groups -OCH3 is 1. The molecule has 0 bridgehead atoms. The highest BCUT2D eigenvalue weighted by molar-refractivity contribution is 5.77. The van der Waals surface area contributed by atoms with E-state index in [2.05, 4.69) is 22.8 Å². The lowest BCUT2D eigenvalue weighted by molar-refractivity contribution is -0.123. The number of hydrogen-bond acceptors (Lipinski definition) is 3. The fourth-order valence-electron chi connectivity index (χ4n) is 2.34. The molecule has 0 saturated heterocycles. The van der Waals surface area contributed by atoms with Crippen molar-refractivity contribution < 1.29 is 9.53 Å². The van der Waals surface area contributed by atoms with Crippen molar-refractivity contribution in [2.45, 2.75) is 26.2 Å². The topological polar surface area (TPSA) is 50.4 Å². The van der Waals surface area contributed by atoms with Crippen LogP contribution in [0, 0.1) is 5.92 Å². The second-order valence-electron chi connectivity index (χ2n) is 5.27. The lowest BCUT2D eigenvalue weighted by Crippen LogP contribution is -2.29. The van der Waals surface area contributed by atoms with Gasteiger partial charge in [0, 0.05) is 30.6 Å². The fourth-order valence-corrected chi connectivity index (χ4v) is 2.34. The quantitative estimate of drug-likeness (QED) is 0.856. The molecular formula is C15H22N2O2. The van der Waals surface area contributed by atoms with E-state index < -0.39 is 0 Å². The maximum absolute atomic E-state index is 11.5. The highest BCUT2D eigenvalue weighted by atomic mass is 16.5. The zero-order valence-corrected chi connectivity index (χ0v) is 11.8. The number of benzene rings is 1. The zero-order chi connectivity index (χ0) is 13.8. The van der Waals surface area contributed by atoms with Gasteiger partial charge in [0.1, 0.15) is 5.75 Å². The average Bonchev–Trinajstić information content (AvgIpc) is 2.81. The van der Waals surface area contributed by atoms with Crippen LogP contribution in [0.25, 0.3) is 0 Å². The number of hydrogen-bond donors (Lipinski definition) is 2. The van der Waals surface area contributed by atoms with Gasteiger partial charge < -0.3 is 15.4 Å². The van der Waals surface area contributed by atoms with E-state index in [0.29, 0.717) is 5.92 Å². The molecule has 1 unspecified atom stereocenters. The number of fused-ring (bicyclic) bond motifs is 1. The van der Waals surface area contributed by atoms with Crippen molar-refractivity contribution in [3.8, 4) is 5.75 Å². The molecule has 1 aromatic carbocycles. The van der Waals surface area contributed by atoms with E-state index in [-0.39, 0.29) is 11.8 Å². The summed E-state index contributed by atoms with van der Waals surface area (Å²) < 4.78 is 5.26. The Morgan fingerprint density at radius 2 is 2.32 bits per heavy atom. The summed E-state index contributed by atoms with van der Waals surface area (Å²) in [6.07, 6.45) is 0.950. The second-order valence-corrected chi connectivity index (χ2v) is 5.27. The maximum Gasteiger partial charge on any atom is 0.222 e. The van der Waals surface area contributed by atoms with Gasteiger partial charge in [0.15, 0.2) is 0 Å². The van der Waals surface area contributed by atoms with Crippen molar-refractivity contribution in [3.05, 3.63) is 23.8 Å². The normalized spacial score (nSPS) is 16.9. The summed E-state index contributed by atoms with van der Waals surface area (Å²) in [4.78, 5) is 11.5. The third kappa shape index (κ3) is 3.19. The highest BCUT2D eigenvalue weighted by Crippen LogP contribution is 2.35. The summed E-state index contributed by atoms with van der Waals surface area (Å²) in [5, 5.41) is 6.36. The number of anilines is 1. The fraction of sp³-hybridized carbons (Fsp3) is 0.533. The van der Waals surface area contributed by atoms with Gasteiger partial charge in [-0.1, -0.05) is 13.8 Å². The molecule has 1 aromatic rings. The first-order valence-corrected chi connectivity index (χ1v) is 6.81. The second kappa shape index (κ2) is 5.95. The van der Waals surface area contributed by atoms with Crippen LogP contribution in [-0.4, -0.2) is 26.1 Å². The molecule has 1 heterocycles. The van der Waals surface area contributed by atoms with Crippen LogP contribution in [0.4, 0.5) is 5.69 Å². The predicted octanol–water partition coefficient (Wildman–Crippen LogP) is 2.37. The van der Waals surface area contributed by atoms with E-state index in [4.69, 9.17) is 4.74 Å². The Balaban J connectivity index is 1.93. The predicted molar refractivity (Wildman–Crippen MR) is 76.7 cm³/mol. The first kappa shape index (κ1) is 13.7. The molecule has 0 spiro atoms. The van der Waals surface area contributed by atoms with Crippen LogP contribution in [0.5, 0.6) is 5.75 Å². The van der Waals surface area contributed by atoms with Crippen LogP contribution in [0.15, 0.2) is 18.2 Å². The molecule has 4 heteroatoms. The van der Waals surface area contributed by atoms with Gasteiger partial charge >= 0.3 is 0 Å². The lowest BCUT2D eigenvalue weighted by Gasteiger charge is -2.13. The van der Waals surface area contributed by atoms with Crippen LogP contribution in [0.2, 0.25) is 0 Å². The molecular weight excluding hydrogens is 240 g/mol. The van der Waals surface area contributed by atoms with E-state index in [0.717, 1.165) is 25.3 Å². The number of nitrogens with one attached hydrogen (secondary N) is 2. The molecule has 4 nitrogen and oxygen atoms in total. The molecule has 1 aliphatic heterocycles. The lowest BCUT2D eigenvalue weighted by atomic mass is 9.97. The van der Waals surface area contributed by atoms with Gasteiger partial charge in [-0.2, -0.15) is 0 Å². The zero-order valence-electron chi connectivity index (χ0n) is 11.8. The van der Waals surface area contributed by atoms with Gasteiger partial charge in [0.2, 0.25) is 5.91 Å². The minimum atomic E-state index is 0.0501. The Hall–Kier alpha value is -1.71. The van der Waals surface area contributed by atoms with Crippen molar-refractivity contribution in [1.82, 2.24) is 5.32 Å². The molecule has 0 aliphatic carbocycles. The van der Waals surface area contributed by atoms with E-state index in [1.807, 2.05) is 19.9 Å². The van der Waals surface area contributed by atoms with E-state index in [9.17, 15) is 4.79 Å². The van der Waals surface area contributed by atoms with Gasteiger partial charge in [-0.05, 0) is 30.2 Å². The minimum absolute atomic E-state index is 0.0501. The number of carbonyl (C=O) groups excluding carboxylic acids is 1. The number of amides is 1. The van der Waals surface area contributed by atoms with Gasteiger partial charge in [0.05, 0.1) is 7.11 Å². The first-order valence-electron chi connectivity index (χ1n) is 6.81. The smallest absolute Gasteiger partial charge is 0.222 e. The third-order valence-corrected chi connectivity index (χ3v) is 3.55. The Morgan fingerprint density at radius 3 is 3.00 bits per heavy atom. The molecule has 1 atom stereocenters. The van der Waals surface area contributed by atoms with Crippen molar-refractivity contribution in [3.63, 3.8) is 0 Å². The summed E-state index contributed by atoms with van der Waals surface area (Å²) in [6.45, 7) is 5.47. The van der Waals surface area contributed by atoms with Crippen molar-refractivity contribution in [2.24, 2.45) is 5.92 Å². The summed E-state index contributed by atoms with van der Waals surface area (Å²) in [5.74, 6) is 1.50. The molecule has 2 rings (SSSR count). The molecule has 2 N–H and O–H groups in total. The summed E-state index contributed by atoms with van der Waals surface area (Å²) in [7, 11) is 1.68. The monoisotopic (exact) mass is 262 g/mol.